The highest BCUT2D eigenvalue weighted by Gasteiger charge is 2.24. The van der Waals surface area contributed by atoms with Crippen molar-refractivity contribution in [1.29, 1.82) is 0 Å². The summed E-state index contributed by atoms with van der Waals surface area (Å²) >= 11 is 0. The molecule has 2 saturated carbocycles. The third-order valence-electron chi connectivity index (χ3n) is 6.20. The second-order valence-corrected chi connectivity index (χ2v) is 8.03. The summed E-state index contributed by atoms with van der Waals surface area (Å²) in [6.45, 7) is 5.30. The van der Waals surface area contributed by atoms with Crippen molar-refractivity contribution < 1.29 is 4.74 Å². The molecule has 23 heavy (non-hydrogen) atoms. The molecule has 0 amide bonds. The molecule has 0 aromatic heterocycles. The molecule has 0 N–H and O–H groups in total. The van der Waals surface area contributed by atoms with Crippen molar-refractivity contribution in [2.75, 3.05) is 6.61 Å². The van der Waals surface area contributed by atoms with Crippen LogP contribution >= 0.6 is 0 Å². The van der Waals surface area contributed by atoms with Gasteiger partial charge in [0.25, 0.3) is 0 Å². The summed E-state index contributed by atoms with van der Waals surface area (Å²) in [5.74, 6) is 2.92. The topological polar surface area (TPSA) is 9.23 Å². The molecule has 2 rings (SSSR count). The lowest BCUT2D eigenvalue weighted by Crippen LogP contribution is -2.22. The lowest BCUT2D eigenvalue weighted by Gasteiger charge is -2.31. The molecule has 0 aromatic rings. The van der Waals surface area contributed by atoms with Gasteiger partial charge in [0.05, 0.1) is 6.10 Å². The number of unbranched alkanes of at least 4 members (excludes halogenated alkanes) is 2. The van der Waals surface area contributed by atoms with Gasteiger partial charge in [-0.05, 0) is 82.5 Å². The van der Waals surface area contributed by atoms with Gasteiger partial charge in [-0.3, -0.25) is 0 Å². The predicted molar refractivity (Wildman–Crippen MR) is 101 cm³/mol. The Hall–Kier alpha value is -0.300. The normalized spacial score (nSPS) is 32.4. The van der Waals surface area contributed by atoms with Crippen LogP contribution in [0.2, 0.25) is 0 Å². The maximum atomic E-state index is 5.78. The van der Waals surface area contributed by atoms with E-state index in [-0.39, 0.29) is 0 Å². The molecule has 0 bridgehead atoms. The second-order valence-electron chi connectivity index (χ2n) is 8.03. The smallest absolute Gasteiger partial charge is 0.0575 e. The maximum absolute atomic E-state index is 5.78. The van der Waals surface area contributed by atoms with Crippen LogP contribution in [-0.4, -0.2) is 12.7 Å². The standard InChI is InChI=1S/C22H40O/c1-3-5-6-7-8-19-9-11-20(12-10-19)13-14-21-15-17-22(18-16-21)23-4-2/h7-8,19-22H,3-6,9-18H2,1-2H3/b8-7+/t19-,20-,21-,22-. The zero-order chi connectivity index (χ0) is 16.3. The van der Waals surface area contributed by atoms with Gasteiger partial charge in [-0.25, -0.2) is 0 Å². The summed E-state index contributed by atoms with van der Waals surface area (Å²) in [7, 11) is 0. The van der Waals surface area contributed by atoms with E-state index in [2.05, 4.69) is 26.0 Å². The highest BCUT2D eigenvalue weighted by Crippen LogP contribution is 2.36. The Labute approximate surface area is 145 Å². The van der Waals surface area contributed by atoms with Gasteiger partial charge in [0.1, 0.15) is 0 Å². The minimum atomic E-state index is 0.575. The second kappa shape index (κ2) is 11.3. The van der Waals surface area contributed by atoms with Crippen LogP contribution in [0, 0.1) is 17.8 Å². The monoisotopic (exact) mass is 320 g/mol. The van der Waals surface area contributed by atoms with Gasteiger partial charge in [0.15, 0.2) is 0 Å². The summed E-state index contributed by atoms with van der Waals surface area (Å²) in [5, 5.41) is 0. The first-order chi connectivity index (χ1) is 11.3. The average molecular weight is 321 g/mol. The van der Waals surface area contributed by atoms with Crippen LogP contribution in [0.3, 0.4) is 0 Å². The third kappa shape index (κ3) is 7.42. The van der Waals surface area contributed by atoms with Crippen molar-refractivity contribution >= 4 is 0 Å². The number of rotatable bonds is 9. The van der Waals surface area contributed by atoms with Crippen LogP contribution in [0.25, 0.3) is 0 Å². The van der Waals surface area contributed by atoms with Crippen LogP contribution in [0.1, 0.15) is 97.3 Å². The van der Waals surface area contributed by atoms with E-state index in [4.69, 9.17) is 4.74 Å². The van der Waals surface area contributed by atoms with Crippen molar-refractivity contribution in [3.63, 3.8) is 0 Å². The number of hydrogen-bond acceptors (Lipinski definition) is 1. The Morgan fingerprint density at radius 1 is 0.826 bits per heavy atom. The van der Waals surface area contributed by atoms with Gasteiger partial charge in [-0.15, -0.1) is 0 Å². The predicted octanol–water partition coefficient (Wildman–Crippen LogP) is 6.91. The summed E-state index contributed by atoms with van der Waals surface area (Å²) < 4.78 is 5.78. The molecule has 0 aromatic carbocycles. The Morgan fingerprint density at radius 2 is 1.43 bits per heavy atom. The summed E-state index contributed by atoms with van der Waals surface area (Å²) in [6, 6.07) is 0. The Kier molecular flexibility index (Phi) is 9.34. The maximum Gasteiger partial charge on any atom is 0.0575 e. The Balaban J connectivity index is 1.54. The van der Waals surface area contributed by atoms with E-state index in [1.807, 2.05) is 0 Å². The van der Waals surface area contributed by atoms with E-state index in [0.717, 1.165) is 24.4 Å². The molecule has 1 heteroatoms. The van der Waals surface area contributed by atoms with Crippen LogP contribution < -0.4 is 0 Å². The fourth-order valence-corrected chi connectivity index (χ4v) is 4.57. The van der Waals surface area contributed by atoms with Crippen molar-refractivity contribution in [3.8, 4) is 0 Å². The number of hydrogen-bond donors (Lipinski definition) is 0. The quantitative estimate of drug-likeness (QED) is 0.331. The molecule has 0 heterocycles. The molecule has 2 aliphatic rings. The summed E-state index contributed by atoms with van der Waals surface area (Å²) in [6.07, 6.45) is 23.8. The van der Waals surface area contributed by atoms with Gasteiger partial charge >= 0.3 is 0 Å². The number of ether oxygens (including phenoxy) is 1. The first-order valence-electron chi connectivity index (χ1n) is 10.6. The third-order valence-corrected chi connectivity index (χ3v) is 6.20. The molecule has 134 valence electrons. The molecule has 0 unspecified atom stereocenters. The first kappa shape index (κ1) is 19.0. The van der Waals surface area contributed by atoms with E-state index < -0.39 is 0 Å². The first-order valence-corrected chi connectivity index (χ1v) is 10.6. The zero-order valence-electron chi connectivity index (χ0n) is 15.8. The molecule has 0 spiro atoms. The fraction of sp³-hybridized carbons (Fsp3) is 0.909. The molecule has 2 fully saturated rings. The highest BCUT2D eigenvalue weighted by atomic mass is 16.5. The van der Waals surface area contributed by atoms with Gasteiger partial charge in [-0.1, -0.05) is 44.8 Å². The van der Waals surface area contributed by atoms with Crippen LogP contribution in [0.15, 0.2) is 12.2 Å². The molecule has 2 aliphatic carbocycles. The summed E-state index contributed by atoms with van der Waals surface area (Å²) in [4.78, 5) is 0. The van der Waals surface area contributed by atoms with Crippen LogP contribution in [0.5, 0.6) is 0 Å². The minimum absolute atomic E-state index is 0.575. The molecular formula is C22H40O. The molecule has 0 radical (unpaired) electrons. The highest BCUT2D eigenvalue weighted by molar-refractivity contribution is 4.91. The largest absolute Gasteiger partial charge is 0.379 e. The van der Waals surface area contributed by atoms with E-state index in [1.165, 1.54) is 83.5 Å². The zero-order valence-corrected chi connectivity index (χ0v) is 15.8. The van der Waals surface area contributed by atoms with E-state index in [9.17, 15) is 0 Å². The number of allylic oxidation sites excluding steroid dienone is 2. The molecule has 0 atom stereocenters. The van der Waals surface area contributed by atoms with E-state index in [1.54, 1.807) is 0 Å². The van der Waals surface area contributed by atoms with Crippen molar-refractivity contribution in [3.05, 3.63) is 12.2 Å². The van der Waals surface area contributed by atoms with Gasteiger partial charge in [0.2, 0.25) is 0 Å². The summed E-state index contributed by atoms with van der Waals surface area (Å²) in [5.41, 5.74) is 0. The Bertz CT molecular complexity index is 306. The average Bonchev–Trinajstić information content (AvgIpc) is 2.59. The van der Waals surface area contributed by atoms with Crippen molar-refractivity contribution in [1.82, 2.24) is 0 Å². The van der Waals surface area contributed by atoms with Crippen molar-refractivity contribution in [2.24, 2.45) is 17.8 Å². The van der Waals surface area contributed by atoms with Crippen molar-refractivity contribution in [2.45, 2.75) is 103 Å². The fourth-order valence-electron chi connectivity index (χ4n) is 4.57. The minimum Gasteiger partial charge on any atom is -0.379 e. The lowest BCUT2D eigenvalue weighted by molar-refractivity contribution is 0.0239. The Morgan fingerprint density at radius 3 is 2.00 bits per heavy atom. The molecular weight excluding hydrogens is 280 g/mol. The van der Waals surface area contributed by atoms with Crippen LogP contribution in [0.4, 0.5) is 0 Å². The van der Waals surface area contributed by atoms with Crippen LogP contribution in [-0.2, 0) is 4.74 Å². The molecule has 0 saturated heterocycles. The van der Waals surface area contributed by atoms with E-state index >= 15 is 0 Å². The lowest BCUT2D eigenvalue weighted by atomic mass is 9.77. The molecule has 0 aliphatic heterocycles. The molecule has 1 nitrogen and oxygen atoms in total. The van der Waals surface area contributed by atoms with Gasteiger partial charge < -0.3 is 4.74 Å². The van der Waals surface area contributed by atoms with E-state index in [0.29, 0.717) is 6.10 Å². The SMILES string of the molecule is CCCC/C=C/[C@H]1CC[C@H](CC[C@H]2CC[C@H](OCC)CC2)CC1. The van der Waals surface area contributed by atoms with Gasteiger partial charge in [0, 0.05) is 6.61 Å². The van der Waals surface area contributed by atoms with Gasteiger partial charge in [-0.2, -0.15) is 0 Å².